The first-order chi connectivity index (χ1) is 22.3. The molecule has 2 aromatic heterocycles. The molecule has 3 aliphatic heterocycles. The van der Waals surface area contributed by atoms with Crippen LogP contribution in [0.2, 0.25) is 0 Å². The van der Waals surface area contributed by atoms with Crippen molar-refractivity contribution in [3.63, 3.8) is 0 Å². The highest BCUT2D eigenvalue weighted by atomic mass is 19.1. The van der Waals surface area contributed by atoms with Crippen LogP contribution >= 0.6 is 0 Å². The third-order valence-corrected chi connectivity index (χ3v) is 10.1. The van der Waals surface area contributed by atoms with Crippen LogP contribution in [0.25, 0.3) is 32.9 Å². The van der Waals surface area contributed by atoms with Crippen molar-refractivity contribution in [1.82, 2.24) is 25.2 Å². The van der Waals surface area contributed by atoms with E-state index in [9.17, 15) is 9.50 Å². The van der Waals surface area contributed by atoms with E-state index in [0.717, 1.165) is 45.2 Å². The van der Waals surface area contributed by atoms with Gasteiger partial charge in [-0.1, -0.05) is 26.3 Å². The van der Waals surface area contributed by atoms with Gasteiger partial charge in [0.2, 0.25) is 0 Å². The van der Waals surface area contributed by atoms with Crippen molar-refractivity contribution in [3.8, 4) is 23.0 Å². The zero-order chi connectivity index (χ0) is 32.0. The Balaban J connectivity index is 1.35. The lowest BCUT2D eigenvalue weighted by Gasteiger charge is -2.31. The molecule has 4 aromatic rings. The first-order valence-corrected chi connectivity index (χ1v) is 16.7. The summed E-state index contributed by atoms with van der Waals surface area (Å²) in [5.74, 6) is -0.774. The van der Waals surface area contributed by atoms with E-state index in [0.29, 0.717) is 77.6 Å². The second kappa shape index (κ2) is 12.5. The lowest BCUT2D eigenvalue weighted by Crippen LogP contribution is -2.43. The first-order valence-electron chi connectivity index (χ1n) is 16.7. The summed E-state index contributed by atoms with van der Waals surface area (Å²) in [7, 11) is 0. The number of halogens is 3. The SMILES string of the molecule is CCCC(F)NCC1CCc2nc(-c3cc(O)cc4ccc(F)c(CC)c34)c(F)c3nc(OCC45CCCN4CCC5)nc(c23)N1. The summed E-state index contributed by atoms with van der Waals surface area (Å²) >= 11 is 0. The third kappa shape index (κ3) is 5.51. The summed E-state index contributed by atoms with van der Waals surface area (Å²) in [6, 6.07) is 5.79. The molecule has 0 saturated carbocycles. The van der Waals surface area contributed by atoms with E-state index in [1.54, 1.807) is 12.1 Å². The number of hydrogen-bond acceptors (Lipinski definition) is 8. The molecule has 2 fully saturated rings. The topological polar surface area (TPSA) is 95.4 Å². The number of nitrogens with zero attached hydrogens (tertiary/aromatic N) is 4. The highest BCUT2D eigenvalue weighted by molar-refractivity contribution is 6.02. The molecule has 46 heavy (non-hydrogen) atoms. The number of rotatable bonds is 10. The van der Waals surface area contributed by atoms with Crippen molar-refractivity contribution in [2.24, 2.45) is 0 Å². The van der Waals surface area contributed by atoms with Crippen molar-refractivity contribution in [1.29, 1.82) is 0 Å². The molecule has 0 aliphatic carbocycles. The average molecular weight is 635 g/mol. The van der Waals surface area contributed by atoms with Gasteiger partial charge in [-0.25, -0.2) is 18.2 Å². The van der Waals surface area contributed by atoms with Gasteiger partial charge in [0.05, 0.1) is 16.6 Å². The van der Waals surface area contributed by atoms with Crippen LogP contribution in [0.15, 0.2) is 24.3 Å². The summed E-state index contributed by atoms with van der Waals surface area (Å²) in [5.41, 5.74) is 1.27. The Hall–Kier alpha value is -3.70. The number of fused-ring (bicyclic) bond motifs is 2. The van der Waals surface area contributed by atoms with Crippen LogP contribution in [0.4, 0.5) is 19.0 Å². The lowest BCUT2D eigenvalue weighted by molar-refractivity contribution is 0.108. The predicted octanol–water partition coefficient (Wildman–Crippen LogP) is 6.81. The number of hydrogen-bond donors (Lipinski definition) is 3. The maximum atomic E-state index is 16.9. The van der Waals surface area contributed by atoms with Gasteiger partial charge in [0.15, 0.2) is 12.1 Å². The Morgan fingerprint density at radius 2 is 1.91 bits per heavy atom. The Bertz CT molecular complexity index is 1780. The Labute approximate surface area is 266 Å². The van der Waals surface area contributed by atoms with Crippen LogP contribution in [0, 0.1) is 11.6 Å². The minimum Gasteiger partial charge on any atom is -0.508 e. The number of phenols is 1. The molecule has 0 bridgehead atoms. The molecule has 11 heteroatoms. The smallest absolute Gasteiger partial charge is 0.319 e. The van der Waals surface area contributed by atoms with E-state index in [2.05, 4.69) is 20.5 Å². The molecule has 0 spiro atoms. The van der Waals surface area contributed by atoms with Gasteiger partial charge in [-0.05, 0) is 99.0 Å². The van der Waals surface area contributed by atoms with E-state index >= 15 is 8.78 Å². The molecule has 5 heterocycles. The molecule has 2 aromatic carbocycles. The quantitative estimate of drug-likeness (QED) is 0.164. The molecule has 7 rings (SSSR count). The van der Waals surface area contributed by atoms with Crippen molar-refractivity contribution in [2.45, 2.75) is 89.5 Å². The highest BCUT2D eigenvalue weighted by Gasteiger charge is 2.45. The fourth-order valence-electron chi connectivity index (χ4n) is 7.80. The van der Waals surface area contributed by atoms with Gasteiger partial charge in [-0.2, -0.15) is 9.97 Å². The number of nitrogens with one attached hydrogen (secondary N) is 2. The summed E-state index contributed by atoms with van der Waals surface area (Å²) < 4.78 is 52.7. The Kier molecular flexibility index (Phi) is 8.39. The largest absolute Gasteiger partial charge is 0.508 e. The number of phenolic OH excluding ortho intramolecular Hbond substituents is 1. The molecule has 3 N–H and O–H groups in total. The normalized spacial score (nSPS) is 19.7. The molecule has 0 amide bonds. The number of benzene rings is 2. The van der Waals surface area contributed by atoms with Gasteiger partial charge < -0.3 is 15.2 Å². The van der Waals surface area contributed by atoms with E-state index in [-0.39, 0.29) is 34.6 Å². The van der Waals surface area contributed by atoms with Crippen LogP contribution < -0.4 is 15.4 Å². The number of anilines is 1. The van der Waals surface area contributed by atoms with Gasteiger partial charge >= 0.3 is 6.01 Å². The fourth-order valence-corrected chi connectivity index (χ4v) is 7.80. The van der Waals surface area contributed by atoms with Crippen LogP contribution in [0.1, 0.15) is 70.1 Å². The molecule has 0 radical (unpaired) electrons. The second-order valence-electron chi connectivity index (χ2n) is 13.0. The van der Waals surface area contributed by atoms with Gasteiger partial charge in [0.25, 0.3) is 0 Å². The molecule has 2 saturated heterocycles. The summed E-state index contributed by atoms with van der Waals surface area (Å²) in [6.45, 7) is 6.62. The molecule has 2 atom stereocenters. The van der Waals surface area contributed by atoms with E-state index in [1.807, 2.05) is 13.8 Å². The molecule has 244 valence electrons. The van der Waals surface area contributed by atoms with Crippen molar-refractivity contribution in [3.05, 3.63) is 47.2 Å². The van der Waals surface area contributed by atoms with Crippen LogP contribution in [-0.2, 0) is 12.8 Å². The molecular weight excluding hydrogens is 593 g/mol. The summed E-state index contributed by atoms with van der Waals surface area (Å²) in [6.07, 6.45) is 5.72. The maximum Gasteiger partial charge on any atom is 0.319 e. The molecule has 3 aliphatic rings. The number of aryl methyl sites for hydroxylation is 2. The Morgan fingerprint density at radius 3 is 2.67 bits per heavy atom. The van der Waals surface area contributed by atoms with E-state index in [4.69, 9.17) is 14.7 Å². The van der Waals surface area contributed by atoms with Crippen molar-refractivity contribution >= 4 is 27.5 Å². The number of aromatic nitrogens is 3. The second-order valence-corrected chi connectivity index (χ2v) is 13.0. The number of ether oxygens (including phenoxy) is 1. The van der Waals surface area contributed by atoms with E-state index < -0.39 is 17.9 Å². The first kappa shape index (κ1) is 30.9. The third-order valence-electron chi connectivity index (χ3n) is 10.1. The molecule has 8 nitrogen and oxygen atoms in total. The monoisotopic (exact) mass is 634 g/mol. The summed E-state index contributed by atoms with van der Waals surface area (Å²) in [5, 5.41) is 18.6. The average Bonchev–Trinajstić information content (AvgIpc) is 3.57. The predicted molar refractivity (Wildman–Crippen MR) is 173 cm³/mol. The van der Waals surface area contributed by atoms with Crippen molar-refractivity contribution in [2.75, 3.05) is 31.6 Å². The van der Waals surface area contributed by atoms with Gasteiger partial charge in [0.1, 0.15) is 35.2 Å². The zero-order valence-electron chi connectivity index (χ0n) is 26.4. The molecule has 2 unspecified atom stereocenters. The minimum atomic E-state index is -1.13. The van der Waals surface area contributed by atoms with Gasteiger partial charge in [-0.3, -0.25) is 10.2 Å². The lowest BCUT2D eigenvalue weighted by atomic mass is 9.94. The van der Waals surface area contributed by atoms with Crippen LogP contribution in [-0.4, -0.2) is 69.1 Å². The number of alkyl halides is 1. The Morgan fingerprint density at radius 1 is 1.11 bits per heavy atom. The highest BCUT2D eigenvalue weighted by Crippen LogP contribution is 2.42. The van der Waals surface area contributed by atoms with Crippen LogP contribution in [0.3, 0.4) is 0 Å². The number of pyridine rings is 1. The standard InChI is InChI=1S/C35H41F3N6O2/c1-3-7-27(37)39-18-21-9-11-26-29-32(42-34(43-33(29)40-21)46-19-35-12-5-14-44(35)15-6-13-35)30(38)31(41-26)24-17-22(45)16-20-8-10-25(36)23(4-2)28(20)24/h8,10,16-17,21,27,39,45H,3-7,9,11-15,18-19H2,1-2H3,(H,40,42,43). The molecular formula is C35H41F3N6O2. The summed E-state index contributed by atoms with van der Waals surface area (Å²) in [4.78, 5) is 16.7. The number of aromatic hydroxyl groups is 1. The van der Waals surface area contributed by atoms with Crippen LogP contribution in [0.5, 0.6) is 11.8 Å². The van der Waals surface area contributed by atoms with Crippen molar-refractivity contribution < 1.29 is 23.0 Å². The van der Waals surface area contributed by atoms with Gasteiger partial charge in [0, 0.05) is 18.2 Å². The maximum absolute atomic E-state index is 16.9. The minimum absolute atomic E-state index is 0.0148. The van der Waals surface area contributed by atoms with E-state index in [1.165, 1.54) is 12.1 Å². The fraction of sp³-hybridized carbons (Fsp3) is 0.514. The van der Waals surface area contributed by atoms with Gasteiger partial charge in [-0.15, -0.1) is 0 Å². The zero-order valence-corrected chi connectivity index (χ0v) is 26.4.